The van der Waals surface area contributed by atoms with Crippen molar-refractivity contribution in [3.63, 3.8) is 0 Å². The van der Waals surface area contributed by atoms with E-state index in [9.17, 15) is 0 Å². The SMILES string of the molecule is Cc1cn(-c2ccnn2C)c(NC2CCCC2)n1. The lowest BCUT2D eigenvalue weighted by Gasteiger charge is -2.14. The summed E-state index contributed by atoms with van der Waals surface area (Å²) in [5, 5.41) is 7.77. The molecular formula is C13H19N5. The van der Waals surface area contributed by atoms with Gasteiger partial charge in [-0.1, -0.05) is 12.8 Å². The molecule has 1 saturated carbocycles. The van der Waals surface area contributed by atoms with E-state index in [0.717, 1.165) is 17.5 Å². The Morgan fingerprint density at radius 1 is 1.33 bits per heavy atom. The summed E-state index contributed by atoms with van der Waals surface area (Å²) in [6.45, 7) is 2.02. The fraction of sp³-hybridized carbons (Fsp3) is 0.538. The topological polar surface area (TPSA) is 47.7 Å². The Morgan fingerprint density at radius 2 is 2.11 bits per heavy atom. The van der Waals surface area contributed by atoms with E-state index >= 15 is 0 Å². The van der Waals surface area contributed by atoms with E-state index in [-0.39, 0.29) is 0 Å². The highest BCUT2D eigenvalue weighted by Crippen LogP contribution is 2.23. The second-order valence-electron chi connectivity index (χ2n) is 5.01. The van der Waals surface area contributed by atoms with Gasteiger partial charge in [-0.2, -0.15) is 5.10 Å². The molecule has 3 rings (SSSR count). The molecule has 2 heterocycles. The fourth-order valence-corrected chi connectivity index (χ4v) is 2.63. The molecule has 0 unspecified atom stereocenters. The van der Waals surface area contributed by atoms with Crippen LogP contribution in [-0.2, 0) is 7.05 Å². The highest BCUT2D eigenvalue weighted by Gasteiger charge is 2.18. The monoisotopic (exact) mass is 245 g/mol. The first-order chi connectivity index (χ1) is 8.74. The zero-order valence-electron chi connectivity index (χ0n) is 10.9. The highest BCUT2D eigenvalue weighted by molar-refractivity contribution is 5.40. The van der Waals surface area contributed by atoms with Crippen LogP contribution >= 0.6 is 0 Å². The summed E-state index contributed by atoms with van der Waals surface area (Å²) < 4.78 is 3.95. The summed E-state index contributed by atoms with van der Waals surface area (Å²) >= 11 is 0. The largest absolute Gasteiger partial charge is 0.353 e. The Balaban J connectivity index is 1.92. The van der Waals surface area contributed by atoms with Gasteiger partial charge >= 0.3 is 0 Å². The molecule has 5 nitrogen and oxygen atoms in total. The third kappa shape index (κ3) is 2.00. The lowest BCUT2D eigenvalue weighted by atomic mass is 10.2. The van der Waals surface area contributed by atoms with Gasteiger partial charge in [0.2, 0.25) is 5.95 Å². The molecule has 2 aromatic rings. The molecule has 0 atom stereocenters. The molecule has 0 radical (unpaired) electrons. The van der Waals surface area contributed by atoms with Crippen LogP contribution in [0.4, 0.5) is 5.95 Å². The Morgan fingerprint density at radius 3 is 2.78 bits per heavy atom. The van der Waals surface area contributed by atoms with Gasteiger partial charge in [0.25, 0.3) is 0 Å². The van der Waals surface area contributed by atoms with Gasteiger partial charge in [0.05, 0.1) is 11.9 Å². The molecule has 96 valence electrons. The van der Waals surface area contributed by atoms with Crippen LogP contribution in [0.2, 0.25) is 0 Å². The first-order valence-corrected chi connectivity index (χ1v) is 6.55. The van der Waals surface area contributed by atoms with Crippen LogP contribution in [0.3, 0.4) is 0 Å². The number of aryl methyl sites for hydroxylation is 2. The molecule has 1 aliphatic rings. The first-order valence-electron chi connectivity index (χ1n) is 6.55. The summed E-state index contributed by atoms with van der Waals surface area (Å²) in [5.41, 5.74) is 1.02. The number of imidazole rings is 1. The minimum Gasteiger partial charge on any atom is -0.353 e. The Bertz CT molecular complexity index is 533. The molecule has 0 aliphatic heterocycles. The molecule has 2 aromatic heterocycles. The normalized spacial score (nSPS) is 16.3. The predicted octanol–water partition coefficient (Wildman–Crippen LogP) is 2.27. The average Bonchev–Trinajstić information content (AvgIpc) is 3.02. The second-order valence-corrected chi connectivity index (χ2v) is 5.01. The third-order valence-electron chi connectivity index (χ3n) is 3.56. The number of aromatic nitrogens is 4. The average molecular weight is 245 g/mol. The predicted molar refractivity (Wildman–Crippen MR) is 70.9 cm³/mol. The molecule has 0 saturated heterocycles. The molecule has 1 aliphatic carbocycles. The van der Waals surface area contributed by atoms with Crippen LogP contribution in [0.1, 0.15) is 31.4 Å². The van der Waals surface area contributed by atoms with E-state index in [1.807, 2.05) is 37.1 Å². The molecule has 0 aromatic carbocycles. The van der Waals surface area contributed by atoms with Crippen molar-refractivity contribution in [1.82, 2.24) is 19.3 Å². The standard InChI is InChI=1S/C13H19N5/c1-10-9-18(12-7-8-14-17(12)2)13(15-10)16-11-5-3-4-6-11/h7-9,11H,3-6H2,1-2H3,(H,15,16). The lowest BCUT2D eigenvalue weighted by Crippen LogP contribution is -2.18. The quantitative estimate of drug-likeness (QED) is 0.902. The van der Waals surface area contributed by atoms with Crippen molar-refractivity contribution in [2.75, 3.05) is 5.32 Å². The first kappa shape index (κ1) is 11.3. The zero-order chi connectivity index (χ0) is 12.5. The highest BCUT2D eigenvalue weighted by atomic mass is 15.4. The molecule has 1 N–H and O–H groups in total. The molecule has 5 heteroatoms. The van der Waals surface area contributed by atoms with Gasteiger partial charge < -0.3 is 5.32 Å². The van der Waals surface area contributed by atoms with E-state index in [0.29, 0.717) is 6.04 Å². The molecule has 18 heavy (non-hydrogen) atoms. The smallest absolute Gasteiger partial charge is 0.209 e. The van der Waals surface area contributed by atoms with Gasteiger partial charge in [0, 0.05) is 25.4 Å². The summed E-state index contributed by atoms with van der Waals surface area (Å²) in [6.07, 6.45) is 9.00. The van der Waals surface area contributed by atoms with E-state index in [4.69, 9.17) is 0 Å². The van der Waals surface area contributed by atoms with E-state index in [1.165, 1.54) is 25.7 Å². The van der Waals surface area contributed by atoms with E-state index in [1.54, 1.807) is 0 Å². The maximum absolute atomic E-state index is 4.58. The van der Waals surface area contributed by atoms with Crippen molar-refractivity contribution in [3.05, 3.63) is 24.2 Å². The van der Waals surface area contributed by atoms with Gasteiger partial charge in [0.1, 0.15) is 5.82 Å². The fourth-order valence-electron chi connectivity index (χ4n) is 2.63. The number of anilines is 1. The van der Waals surface area contributed by atoms with Crippen LogP contribution in [0.5, 0.6) is 0 Å². The molecular weight excluding hydrogens is 226 g/mol. The zero-order valence-corrected chi connectivity index (χ0v) is 10.9. The number of nitrogens with zero attached hydrogens (tertiary/aromatic N) is 4. The molecule has 0 amide bonds. The second kappa shape index (κ2) is 4.48. The van der Waals surface area contributed by atoms with E-state index in [2.05, 4.69) is 20.0 Å². The minimum absolute atomic E-state index is 0.568. The van der Waals surface area contributed by atoms with Crippen molar-refractivity contribution < 1.29 is 0 Å². The Kier molecular flexibility index (Phi) is 2.81. The van der Waals surface area contributed by atoms with Gasteiger partial charge in [0.15, 0.2) is 0 Å². The van der Waals surface area contributed by atoms with Gasteiger partial charge in [-0.15, -0.1) is 0 Å². The molecule has 0 bridgehead atoms. The van der Waals surface area contributed by atoms with Crippen molar-refractivity contribution in [2.45, 2.75) is 38.6 Å². The van der Waals surface area contributed by atoms with Crippen molar-refractivity contribution in [2.24, 2.45) is 7.05 Å². The van der Waals surface area contributed by atoms with Gasteiger partial charge in [-0.25, -0.2) is 4.98 Å². The summed E-state index contributed by atoms with van der Waals surface area (Å²) in [7, 11) is 1.95. The maximum Gasteiger partial charge on any atom is 0.209 e. The number of hydrogen-bond acceptors (Lipinski definition) is 3. The van der Waals surface area contributed by atoms with Crippen LogP contribution < -0.4 is 5.32 Å². The van der Waals surface area contributed by atoms with Crippen LogP contribution in [0, 0.1) is 6.92 Å². The minimum atomic E-state index is 0.568. The van der Waals surface area contributed by atoms with Gasteiger partial charge in [-0.3, -0.25) is 9.25 Å². The maximum atomic E-state index is 4.58. The lowest BCUT2D eigenvalue weighted by molar-refractivity contribution is 0.712. The van der Waals surface area contributed by atoms with Crippen molar-refractivity contribution in [3.8, 4) is 5.82 Å². The van der Waals surface area contributed by atoms with Crippen LogP contribution in [-0.4, -0.2) is 25.4 Å². The number of hydrogen-bond donors (Lipinski definition) is 1. The van der Waals surface area contributed by atoms with Crippen LogP contribution in [0.25, 0.3) is 5.82 Å². The summed E-state index contributed by atoms with van der Waals surface area (Å²) in [6, 6.07) is 2.57. The molecule has 1 fully saturated rings. The summed E-state index contributed by atoms with van der Waals surface area (Å²) in [4.78, 5) is 4.58. The molecule has 0 spiro atoms. The Hall–Kier alpha value is -1.78. The number of rotatable bonds is 3. The van der Waals surface area contributed by atoms with Gasteiger partial charge in [-0.05, 0) is 19.8 Å². The van der Waals surface area contributed by atoms with Crippen molar-refractivity contribution in [1.29, 1.82) is 0 Å². The summed E-state index contributed by atoms with van der Waals surface area (Å²) in [5.74, 6) is 1.97. The van der Waals surface area contributed by atoms with Crippen LogP contribution in [0.15, 0.2) is 18.5 Å². The Labute approximate surface area is 107 Å². The third-order valence-corrected chi connectivity index (χ3v) is 3.56. The van der Waals surface area contributed by atoms with Crippen molar-refractivity contribution >= 4 is 5.95 Å². The van der Waals surface area contributed by atoms with E-state index < -0.39 is 0 Å². The number of nitrogens with one attached hydrogen (secondary N) is 1.